The van der Waals surface area contributed by atoms with Crippen molar-refractivity contribution in [1.82, 2.24) is 19.9 Å². The largest absolute Gasteiger partial charge is 0.455 e. The van der Waals surface area contributed by atoms with Crippen molar-refractivity contribution in [3.63, 3.8) is 0 Å². The summed E-state index contributed by atoms with van der Waals surface area (Å²) in [6.45, 7) is 1.55. The molecule has 0 unspecified atom stereocenters. The van der Waals surface area contributed by atoms with Crippen molar-refractivity contribution in [1.29, 1.82) is 0 Å². The molecule has 0 aliphatic heterocycles. The van der Waals surface area contributed by atoms with Gasteiger partial charge >= 0.3 is 12.3 Å². The Bertz CT molecular complexity index is 1200. The molecule has 8 nitrogen and oxygen atoms in total. The summed E-state index contributed by atoms with van der Waals surface area (Å²) in [7, 11) is 0. The zero-order chi connectivity index (χ0) is 22.0. The third kappa shape index (κ3) is 4.25. The molecule has 0 saturated heterocycles. The molecular formula is C20H14F3N5O3. The molecule has 0 radical (unpaired) electrons. The molecule has 0 fully saturated rings. The molecule has 2 aromatic heterocycles. The summed E-state index contributed by atoms with van der Waals surface area (Å²) < 4.78 is 49.9. The van der Waals surface area contributed by atoms with Crippen LogP contribution in [0.3, 0.4) is 0 Å². The average molecular weight is 429 g/mol. The molecule has 0 bridgehead atoms. The van der Waals surface area contributed by atoms with Crippen molar-refractivity contribution in [2.24, 2.45) is 0 Å². The molecule has 31 heavy (non-hydrogen) atoms. The van der Waals surface area contributed by atoms with Gasteiger partial charge in [0, 0.05) is 5.56 Å². The fourth-order valence-corrected chi connectivity index (χ4v) is 2.75. The summed E-state index contributed by atoms with van der Waals surface area (Å²) in [5.41, 5.74) is 0.843. The molecule has 4 aromatic rings. The molecule has 0 atom stereocenters. The van der Waals surface area contributed by atoms with E-state index in [9.17, 15) is 18.0 Å². The molecule has 2 aromatic carbocycles. The van der Waals surface area contributed by atoms with Crippen LogP contribution in [0.5, 0.6) is 5.75 Å². The van der Waals surface area contributed by atoms with E-state index in [1.807, 2.05) is 0 Å². The van der Waals surface area contributed by atoms with E-state index in [1.54, 1.807) is 67.6 Å². The first-order valence-electron chi connectivity index (χ1n) is 8.93. The molecule has 158 valence electrons. The molecule has 0 aliphatic rings. The van der Waals surface area contributed by atoms with E-state index in [4.69, 9.17) is 9.26 Å². The second-order valence-corrected chi connectivity index (χ2v) is 6.32. The third-order valence-electron chi connectivity index (χ3n) is 4.18. The second kappa shape index (κ2) is 7.94. The Morgan fingerprint density at radius 2 is 1.71 bits per heavy atom. The number of hydrogen-bond acceptors (Lipinski definition) is 6. The van der Waals surface area contributed by atoms with E-state index >= 15 is 0 Å². The van der Waals surface area contributed by atoms with Gasteiger partial charge in [0.15, 0.2) is 5.69 Å². The lowest BCUT2D eigenvalue weighted by Gasteiger charge is -2.10. The number of anilines is 1. The highest BCUT2D eigenvalue weighted by atomic mass is 19.4. The van der Waals surface area contributed by atoms with E-state index in [1.165, 1.54) is 4.68 Å². The zero-order valence-electron chi connectivity index (χ0n) is 15.9. The number of carbonyl (C=O) groups excluding carboxylic acids is 1. The number of amides is 1. The number of rotatable bonds is 4. The summed E-state index contributed by atoms with van der Waals surface area (Å²) >= 11 is 0. The number of benzene rings is 2. The number of alkyl halides is 3. The van der Waals surface area contributed by atoms with Crippen LogP contribution in [0.4, 0.5) is 23.8 Å². The van der Waals surface area contributed by atoms with Gasteiger partial charge in [0.2, 0.25) is 0 Å². The van der Waals surface area contributed by atoms with Crippen LogP contribution in [0.1, 0.15) is 11.4 Å². The molecule has 0 spiro atoms. The van der Waals surface area contributed by atoms with Gasteiger partial charge < -0.3 is 9.26 Å². The van der Waals surface area contributed by atoms with Crippen molar-refractivity contribution in [3.8, 4) is 23.0 Å². The minimum atomic E-state index is -4.77. The van der Waals surface area contributed by atoms with Crippen LogP contribution in [-0.2, 0) is 6.18 Å². The van der Waals surface area contributed by atoms with E-state index in [-0.39, 0.29) is 11.5 Å². The molecule has 11 heteroatoms. The highest BCUT2D eigenvalue weighted by molar-refractivity contribution is 5.87. The first-order chi connectivity index (χ1) is 14.8. The Balaban J connectivity index is 1.73. The number of para-hydroxylation sites is 2. The SMILES string of the molecule is Cc1c(-c2nc(C(F)(F)F)no2)nn(-c2ccccc2)c1NC(=O)Oc1ccccc1. The predicted molar refractivity (Wildman–Crippen MR) is 103 cm³/mol. The fraction of sp³-hybridized carbons (Fsp3) is 0.100. The maximum atomic E-state index is 12.9. The molecule has 0 saturated carbocycles. The van der Waals surface area contributed by atoms with Crippen LogP contribution in [0.25, 0.3) is 17.3 Å². The predicted octanol–water partition coefficient (Wildman–Crippen LogP) is 4.86. The Hall–Kier alpha value is -4.15. The summed E-state index contributed by atoms with van der Waals surface area (Å²) in [5.74, 6) is -1.36. The minimum absolute atomic E-state index is 0.0122. The number of nitrogens with one attached hydrogen (secondary N) is 1. The molecule has 2 heterocycles. The zero-order valence-corrected chi connectivity index (χ0v) is 15.9. The number of carbonyl (C=O) groups is 1. The summed E-state index contributed by atoms with van der Waals surface area (Å²) in [6.07, 6.45) is -5.57. The maximum Gasteiger partial charge on any atom is 0.455 e. The van der Waals surface area contributed by atoms with Gasteiger partial charge in [-0.3, -0.25) is 5.32 Å². The molecule has 1 N–H and O–H groups in total. The lowest BCUT2D eigenvalue weighted by molar-refractivity contribution is -0.146. The van der Waals surface area contributed by atoms with E-state index in [0.29, 0.717) is 17.0 Å². The van der Waals surface area contributed by atoms with Crippen LogP contribution < -0.4 is 10.1 Å². The van der Waals surface area contributed by atoms with Gasteiger partial charge in [0.1, 0.15) is 11.6 Å². The Labute approximate surface area is 173 Å². The Morgan fingerprint density at radius 3 is 2.32 bits per heavy atom. The van der Waals surface area contributed by atoms with Crippen molar-refractivity contribution < 1.29 is 27.2 Å². The van der Waals surface area contributed by atoms with Crippen LogP contribution >= 0.6 is 0 Å². The number of aromatic nitrogens is 4. The van der Waals surface area contributed by atoms with Crippen LogP contribution in [-0.4, -0.2) is 26.0 Å². The minimum Gasteiger partial charge on any atom is -0.410 e. The van der Waals surface area contributed by atoms with E-state index in [0.717, 1.165) is 0 Å². The summed E-state index contributed by atoms with van der Waals surface area (Å²) in [6, 6.07) is 17.1. The summed E-state index contributed by atoms with van der Waals surface area (Å²) in [5, 5.41) is 9.83. The number of hydrogen-bond donors (Lipinski definition) is 1. The van der Waals surface area contributed by atoms with Crippen LogP contribution in [0.2, 0.25) is 0 Å². The van der Waals surface area contributed by atoms with E-state index < -0.39 is 24.0 Å². The topological polar surface area (TPSA) is 95.1 Å². The molecule has 1 amide bonds. The normalized spacial score (nSPS) is 11.4. The third-order valence-corrected chi connectivity index (χ3v) is 4.18. The lowest BCUT2D eigenvalue weighted by Crippen LogP contribution is -2.19. The van der Waals surface area contributed by atoms with Crippen LogP contribution in [0, 0.1) is 6.92 Å². The highest BCUT2D eigenvalue weighted by Gasteiger charge is 2.38. The maximum absolute atomic E-state index is 12.9. The van der Waals surface area contributed by atoms with Gasteiger partial charge in [-0.2, -0.15) is 23.3 Å². The van der Waals surface area contributed by atoms with Crippen molar-refractivity contribution in [3.05, 3.63) is 72.1 Å². The standard InChI is InChI=1S/C20H14F3N5O3/c1-12-15(17-25-18(27-31-17)20(21,22)23)26-28(13-8-4-2-5-9-13)16(12)24-19(29)30-14-10-6-3-7-11-14/h2-11H,1H3,(H,24,29). The van der Waals surface area contributed by atoms with Gasteiger partial charge in [-0.05, 0) is 31.2 Å². The lowest BCUT2D eigenvalue weighted by atomic mass is 10.2. The monoisotopic (exact) mass is 429 g/mol. The van der Waals surface area contributed by atoms with Crippen LogP contribution in [0.15, 0.2) is 65.2 Å². The Morgan fingerprint density at radius 1 is 1.06 bits per heavy atom. The number of nitrogens with zero attached hydrogens (tertiary/aromatic N) is 4. The first kappa shape index (κ1) is 20.1. The average Bonchev–Trinajstić information content (AvgIpc) is 3.35. The van der Waals surface area contributed by atoms with E-state index in [2.05, 4.69) is 20.6 Å². The first-order valence-corrected chi connectivity index (χ1v) is 8.93. The van der Waals surface area contributed by atoms with Gasteiger partial charge in [-0.1, -0.05) is 41.6 Å². The van der Waals surface area contributed by atoms with Crippen molar-refractivity contribution >= 4 is 11.9 Å². The molecular weight excluding hydrogens is 415 g/mol. The van der Waals surface area contributed by atoms with Gasteiger partial charge in [-0.15, -0.1) is 0 Å². The number of ether oxygens (including phenoxy) is 1. The smallest absolute Gasteiger partial charge is 0.410 e. The quantitative estimate of drug-likeness (QED) is 0.498. The molecule has 4 rings (SSSR count). The Kier molecular flexibility index (Phi) is 5.15. The summed E-state index contributed by atoms with van der Waals surface area (Å²) in [4.78, 5) is 15.8. The van der Waals surface area contributed by atoms with Gasteiger partial charge in [-0.25, -0.2) is 9.48 Å². The van der Waals surface area contributed by atoms with Gasteiger partial charge in [0.05, 0.1) is 5.69 Å². The second-order valence-electron chi connectivity index (χ2n) is 6.32. The van der Waals surface area contributed by atoms with Crippen molar-refractivity contribution in [2.75, 3.05) is 5.32 Å². The molecule has 0 aliphatic carbocycles. The van der Waals surface area contributed by atoms with Crippen molar-refractivity contribution in [2.45, 2.75) is 13.1 Å². The number of halogens is 3. The fourth-order valence-electron chi connectivity index (χ4n) is 2.75. The van der Waals surface area contributed by atoms with Gasteiger partial charge in [0.25, 0.3) is 11.7 Å². The highest BCUT2D eigenvalue weighted by Crippen LogP contribution is 2.32.